The van der Waals surface area contributed by atoms with E-state index < -0.39 is 29.1 Å². The number of hydrogen-bond donors (Lipinski definition) is 2. The van der Waals surface area contributed by atoms with Crippen LogP contribution in [0.25, 0.3) is 0 Å². The van der Waals surface area contributed by atoms with Crippen molar-refractivity contribution in [3.05, 3.63) is 0 Å². The van der Waals surface area contributed by atoms with Gasteiger partial charge >= 0.3 is 0 Å². The van der Waals surface area contributed by atoms with E-state index in [9.17, 15) is 18.8 Å². The van der Waals surface area contributed by atoms with Crippen LogP contribution in [0.15, 0.2) is 0 Å². The fourth-order valence-electron chi connectivity index (χ4n) is 7.55. The summed E-state index contributed by atoms with van der Waals surface area (Å²) in [4.78, 5) is 44.0. The quantitative estimate of drug-likeness (QED) is 0.444. The number of nitrogens with zero attached hydrogens (tertiary/aromatic N) is 2. The number of likely N-dealkylation sites (tertiary alicyclic amines) is 2. The Kier molecular flexibility index (Phi) is 10.1. The van der Waals surface area contributed by atoms with Crippen LogP contribution in [0.1, 0.15) is 78.1 Å². The van der Waals surface area contributed by atoms with Gasteiger partial charge in [0.25, 0.3) is 0 Å². The maximum absolute atomic E-state index is 14.0. The Morgan fingerprint density at radius 1 is 1.15 bits per heavy atom. The number of nitrogens with one attached hydrogen (secondary N) is 1. The van der Waals surface area contributed by atoms with Gasteiger partial charge in [-0.3, -0.25) is 14.4 Å². The Hall–Kier alpha value is -1.78. The van der Waals surface area contributed by atoms with E-state index in [2.05, 4.69) is 5.32 Å². The first-order chi connectivity index (χ1) is 18.9. The third kappa shape index (κ3) is 6.98. The fourth-order valence-corrected chi connectivity index (χ4v) is 7.55. The van der Waals surface area contributed by atoms with E-state index >= 15 is 0 Å². The largest absolute Gasteiger partial charge is 0.381 e. The van der Waals surface area contributed by atoms with Crippen molar-refractivity contribution in [2.75, 3.05) is 47.0 Å². The molecule has 0 aromatic rings. The summed E-state index contributed by atoms with van der Waals surface area (Å²) < 4.78 is 25.5. The second-order valence-electron chi connectivity index (χ2n) is 13.5. The number of amides is 3. The summed E-state index contributed by atoms with van der Waals surface area (Å²) in [6.07, 6.45) is 7.67. The molecule has 0 aromatic heterocycles. The highest BCUT2D eigenvalue weighted by molar-refractivity contribution is 5.92. The number of carbonyl (C=O) groups is 3. The van der Waals surface area contributed by atoms with Crippen LogP contribution in [0, 0.1) is 23.2 Å². The summed E-state index contributed by atoms with van der Waals surface area (Å²) in [5, 5.41) is 2.85. The molecular weight excluding hydrogens is 515 g/mol. The lowest BCUT2D eigenvalue weighted by Gasteiger charge is -2.46. The maximum Gasteiger partial charge on any atom is 0.247 e. The second-order valence-corrected chi connectivity index (χ2v) is 13.5. The van der Waals surface area contributed by atoms with Crippen molar-refractivity contribution in [3.63, 3.8) is 0 Å². The third-order valence-corrected chi connectivity index (χ3v) is 10.0. The molecule has 2 saturated heterocycles. The van der Waals surface area contributed by atoms with Gasteiger partial charge in [0.05, 0.1) is 23.7 Å². The van der Waals surface area contributed by atoms with Crippen molar-refractivity contribution in [2.45, 2.75) is 102 Å². The van der Waals surface area contributed by atoms with Crippen LogP contribution in [0.5, 0.6) is 0 Å². The van der Waals surface area contributed by atoms with Crippen molar-refractivity contribution < 1.29 is 28.2 Å². The number of hydrogen-bond acceptors (Lipinski definition) is 6. The summed E-state index contributed by atoms with van der Waals surface area (Å²) in [5.74, 6) is 0.217. The Labute approximate surface area is 239 Å². The number of ether oxygens (including phenoxy) is 2. The number of carbonyl (C=O) groups excluding carboxylic acids is 3. The van der Waals surface area contributed by atoms with Crippen molar-refractivity contribution >= 4 is 17.7 Å². The first kappa shape index (κ1) is 31.2. The molecule has 2 saturated carbocycles. The lowest BCUT2D eigenvalue weighted by molar-refractivity contribution is -0.148. The molecule has 3 amide bonds. The van der Waals surface area contributed by atoms with Gasteiger partial charge < -0.3 is 30.3 Å². The highest BCUT2D eigenvalue weighted by Crippen LogP contribution is 2.50. The zero-order valence-corrected chi connectivity index (χ0v) is 25.0. The smallest absolute Gasteiger partial charge is 0.247 e. The molecule has 228 valence electrons. The average Bonchev–Trinajstić information content (AvgIpc) is 3.17. The minimum atomic E-state index is -1.15. The van der Waals surface area contributed by atoms with Crippen LogP contribution in [-0.4, -0.2) is 98.4 Å². The number of alkyl halides is 1. The highest BCUT2D eigenvalue weighted by Gasteiger charge is 2.57. The normalized spacial score (nSPS) is 34.2. The molecule has 1 spiro atoms. The van der Waals surface area contributed by atoms with Gasteiger partial charge in [-0.2, -0.15) is 0 Å². The molecule has 2 aliphatic heterocycles. The third-order valence-electron chi connectivity index (χ3n) is 10.0. The standard InChI is InChI=1S/C30H51FN4O5/c1-29(2,32)27(37)33-25(18-40-17-20-6-12-23(39-4)13-7-20)26(36)35-15-5-14-30(19-35)24(16-34(3)28(30)38)21-8-10-22(31)11-9-21/h20-25H,5-19,32H2,1-4H3,(H,33,37). The minimum Gasteiger partial charge on any atom is -0.381 e. The van der Waals surface area contributed by atoms with Gasteiger partial charge in [0.1, 0.15) is 12.2 Å². The molecule has 4 fully saturated rings. The van der Waals surface area contributed by atoms with E-state index in [1.807, 2.05) is 7.05 Å². The molecule has 3 atom stereocenters. The number of nitrogens with two attached hydrogens (primary N) is 1. The predicted octanol–water partition coefficient (Wildman–Crippen LogP) is 2.66. The minimum absolute atomic E-state index is 0.0617. The number of methoxy groups -OCH3 is 1. The molecule has 3 unspecified atom stereocenters. The van der Waals surface area contributed by atoms with Crippen LogP contribution >= 0.6 is 0 Å². The van der Waals surface area contributed by atoms with E-state index in [-0.39, 0.29) is 30.3 Å². The van der Waals surface area contributed by atoms with Gasteiger partial charge in [0, 0.05) is 40.4 Å². The lowest BCUT2D eigenvalue weighted by Crippen LogP contribution is -2.61. The van der Waals surface area contributed by atoms with Crippen molar-refractivity contribution in [2.24, 2.45) is 28.9 Å². The SMILES string of the molecule is COC1CCC(COCC(NC(=O)C(C)(C)N)C(=O)N2CCCC3(C2)C(=O)N(C)CC3C2CCC(F)CC2)CC1. The lowest BCUT2D eigenvalue weighted by atomic mass is 9.63. The summed E-state index contributed by atoms with van der Waals surface area (Å²) in [6, 6.07) is -0.879. The van der Waals surface area contributed by atoms with Gasteiger partial charge in [-0.15, -0.1) is 0 Å². The molecule has 40 heavy (non-hydrogen) atoms. The van der Waals surface area contributed by atoms with Gasteiger partial charge in [-0.1, -0.05) is 0 Å². The predicted molar refractivity (Wildman–Crippen MR) is 150 cm³/mol. The van der Waals surface area contributed by atoms with E-state index in [0.29, 0.717) is 57.5 Å². The van der Waals surface area contributed by atoms with Gasteiger partial charge in [0.15, 0.2) is 0 Å². The molecular formula is C30H51FN4O5. The Bertz CT molecular complexity index is 897. The first-order valence-corrected chi connectivity index (χ1v) is 15.3. The van der Waals surface area contributed by atoms with Crippen LogP contribution in [0.2, 0.25) is 0 Å². The van der Waals surface area contributed by atoms with Gasteiger partial charge in [-0.25, -0.2) is 4.39 Å². The average molecular weight is 567 g/mol. The van der Waals surface area contributed by atoms with E-state index in [1.54, 1.807) is 30.8 Å². The van der Waals surface area contributed by atoms with Crippen LogP contribution < -0.4 is 11.1 Å². The molecule has 2 aliphatic carbocycles. The second kappa shape index (κ2) is 13.0. The van der Waals surface area contributed by atoms with E-state index in [1.165, 1.54) is 0 Å². The van der Waals surface area contributed by atoms with Crippen LogP contribution in [0.3, 0.4) is 0 Å². The zero-order valence-electron chi connectivity index (χ0n) is 25.0. The van der Waals surface area contributed by atoms with Crippen LogP contribution in [0.4, 0.5) is 4.39 Å². The van der Waals surface area contributed by atoms with E-state index in [4.69, 9.17) is 15.2 Å². The maximum atomic E-state index is 14.0. The Morgan fingerprint density at radius 2 is 1.82 bits per heavy atom. The topological polar surface area (TPSA) is 114 Å². The molecule has 10 heteroatoms. The monoisotopic (exact) mass is 566 g/mol. The van der Waals surface area contributed by atoms with Crippen molar-refractivity contribution in [3.8, 4) is 0 Å². The number of piperidine rings is 1. The Balaban J connectivity index is 1.45. The van der Waals surface area contributed by atoms with E-state index in [0.717, 1.165) is 44.9 Å². The molecule has 4 rings (SSSR count). The molecule has 2 heterocycles. The summed E-state index contributed by atoms with van der Waals surface area (Å²) in [5.41, 5.74) is 4.25. The molecule has 3 N–H and O–H groups in total. The number of rotatable bonds is 9. The summed E-state index contributed by atoms with van der Waals surface area (Å²) >= 11 is 0. The molecule has 0 bridgehead atoms. The van der Waals surface area contributed by atoms with Crippen molar-refractivity contribution in [1.29, 1.82) is 0 Å². The highest BCUT2D eigenvalue weighted by atomic mass is 19.1. The zero-order chi connectivity index (χ0) is 29.1. The van der Waals surface area contributed by atoms with Crippen molar-refractivity contribution in [1.82, 2.24) is 15.1 Å². The van der Waals surface area contributed by atoms with Gasteiger partial charge in [0.2, 0.25) is 17.7 Å². The molecule has 0 radical (unpaired) electrons. The molecule has 4 aliphatic rings. The number of halogens is 1. The summed E-state index contributed by atoms with van der Waals surface area (Å²) in [7, 11) is 3.59. The van der Waals surface area contributed by atoms with Gasteiger partial charge in [-0.05, 0) is 95.8 Å². The molecule has 9 nitrogen and oxygen atoms in total. The Morgan fingerprint density at radius 3 is 2.45 bits per heavy atom. The fraction of sp³-hybridized carbons (Fsp3) is 0.900. The first-order valence-electron chi connectivity index (χ1n) is 15.3. The van der Waals surface area contributed by atoms with Crippen LogP contribution in [-0.2, 0) is 23.9 Å². The molecule has 0 aromatic carbocycles. The summed E-state index contributed by atoms with van der Waals surface area (Å²) in [6.45, 7) is 5.31.